The SMILES string of the molecule is CC1(C)CCC2(C(=O)O)CCC3(C)C(=CCC4[C@@]5(C)CC[C@H](O[C@@H]6OC[C@@H](O)[C@H](O)[C@H]6O[C@@H]6O[C@H](CO)[C@@H](O)[C@H](O)[C@H]6O)[C@@](C)(CO)C5CC[C@]43C)C2C1. The minimum absolute atomic E-state index is 0.0233. The van der Waals surface area contributed by atoms with E-state index in [-0.39, 0.29) is 46.7 Å². The van der Waals surface area contributed by atoms with Gasteiger partial charge in [-0.3, -0.25) is 4.79 Å². The molecule has 0 bridgehead atoms. The number of carbonyl (C=O) groups is 1. The second-order valence-electron chi connectivity index (χ2n) is 20.1. The van der Waals surface area contributed by atoms with Crippen molar-refractivity contribution in [3.63, 3.8) is 0 Å². The van der Waals surface area contributed by atoms with Crippen LogP contribution in [0.3, 0.4) is 0 Å². The molecule has 0 amide bonds. The average molecular weight is 767 g/mol. The van der Waals surface area contributed by atoms with Crippen molar-refractivity contribution < 1.29 is 64.6 Å². The van der Waals surface area contributed by atoms with E-state index in [2.05, 4.69) is 47.6 Å². The van der Waals surface area contributed by atoms with Gasteiger partial charge in [0.2, 0.25) is 0 Å². The zero-order valence-electron chi connectivity index (χ0n) is 32.9. The van der Waals surface area contributed by atoms with E-state index in [0.717, 1.165) is 51.4 Å². The van der Waals surface area contributed by atoms with Gasteiger partial charge in [0.05, 0.1) is 31.3 Å². The molecule has 4 saturated carbocycles. The Bertz CT molecular complexity index is 1450. The summed E-state index contributed by atoms with van der Waals surface area (Å²) in [5.41, 5.74) is -0.367. The normalized spacial score (nSPS) is 54.3. The maximum Gasteiger partial charge on any atom is 0.310 e. The monoisotopic (exact) mass is 766 g/mol. The van der Waals surface area contributed by atoms with Crippen LogP contribution in [0.2, 0.25) is 0 Å². The van der Waals surface area contributed by atoms with Crippen LogP contribution in [0.15, 0.2) is 11.6 Å². The van der Waals surface area contributed by atoms with Crippen LogP contribution < -0.4 is 0 Å². The van der Waals surface area contributed by atoms with Crippen molar-refractivity contribution in [2.75, 3.05) is 19.8 Å². The molecule has 7 aliphatic rings. The molecule has 2 saturated heterocycles. The minimum atomic E-state index is -1.73. The van der Waals surface area contributed by atoms with Crippen molar-refractivity contribution in [2.45, 2.75) is 167 Å². The third kappa shape index (κ3) is 5.92. The standard InChI is InChI=1S/C41H66O13/c1-36(2)13-15-41(35(49)50)16-14-39(5)21(22(41)17-36)7-8-26-37(3)11-10-27(38(4,20-43)25(37)9-12-40(26,39)6)53-34-32(28(45)23(44)19-51-34)54-33-31(48)30(47)29(46)24(18-42)52-33/h7,22-34,42-48H,8-20H2,1-6H3,(H,49,50)/t22?,23-,24-,25?,26?,27+,28+,29-,30+,31-,32-,33+,34+,37+,38+,39?,40-,41?/m1/s1. The fourth-order valence-electron chi connectivity index (χ4n) is 13.4. The quantitative estimate of drug-likeness (QED) is 0.138. The maximum absolute atomic E-state index is 13.0. The summed E-state index contributed by atoms with van der Waals surface area (Å²) >= 11 is 0. The molecule has 0 spiro atoms. The van der Waals surface area contributed by atoms with Crippen LogP contribution in [0, 0.1) is 50.2 Å². The van der Waals surface area contributed by atoms with Crippen LogP contribution in [0.5, 0.6) is 0 Å². The van der Waals surface area contributed by atoms with Gasteiger partial charge in [0.25, 0.3) is 0 Å². The Morgan fingerprint density at radius 3 is 2.19 bits per heavy atom. The highest BCUT2D eigenvalue weighted by atomic mass is 16.8. The van der Waals surface area contributed by atoms with Crippen molar-refractivity contribution in [3.05, 3.63) is 11.6 Å². The highest BCUT2D eigenvalue weighted by Gasteiger charge is 2.70. The predicted molar refractivity (Wildman–Crippen MR) is 193 cm³/mol. The Hall–Kier alpha value is -1.23. The zero-order chi connectivity index (χ0) is 39.4. The maximum atomic E-state index is 13.0. The number of aliphatic hydroxyl groups is 7. The van der Waals surface area contributed by atoms with Crippen molar-refractivity contribution in [3.8, 4) is 0 Å². The van der Waals surface area contributed by atoms with Gasteiger partial charge in [-0.1, -0.05) is 53.2 Å². The molecule has 2 heterocycles. The number of hydrogen-bond acceptors (Lipinski definition) is 12. The van der Waals surface area contributed by atoms with E-state index in [1.807, 2.05) is 0 Å². The summed E-state index contributed by atoms with van der Waals surface area (Å²) < 4.78 is 24.1. The van der Waals surface area contributed by atoms with Gasteiger partial charge in [-0.05, 0) is 104 Å². The van der Waals surface area contributed by atoms with Gasteiger partial charge < -0.3 is 59.8 Å². The number of hydrogen-bond donors (Lipinski definition) is 8. The predicted octanol–water partition coefficient (Wildman–Crippen LogP) is 2.49. The smallest absolute Gasteiger partial charge is 0.310 e. The molecule has 5 aliphatic carbocycles. The number of allylic oxidation sites excluding steroid dienone is 2. The number of aliphatic hydroxyl groups excluding tert-OH is 7. The molecular weight excluding hydrogens is 700 g/mol. The van der Waals surface area contributed by atoms with E-state index in [0.29, 0.717) is 18.8 Å². The third-order valence-electron chi connectivity index (χ3n) is 17.0. The van der Waals surface area contributed by atoms with E-state index in [4.69, 9.17) is 18.9 Å². The van der Waals surface area contributed by atoms with Crippen molar-refractivity contribution in [1.82, 2.24) is 0 Å². The van der Waals surface area contributed by atoms with Crippen LogP contribution in [-0.2, 0) is 23.7 Å². The Morgan fingerprint density at radius 1 is 0.815 bits per heavy atom. The molecule has 13 heteroatoms. The van der Waals surface area contributed by atoms with Crippen LogP contribution in [-0.4, -0.2) is 128 Å². The minimum Gasteiger partial charge on any atom is -0.481 e. The molecule has 8 N–H and O–H groups in total. The lowest BCUT2D eigenvalue weighted by molar-refractivity contribution is -0.368. The molecule has 0 radical (unpaired) electrons. The highest BCUT2D eigenvalue weighted by molar-refractivity contribution is 5.76. The summed E-state index contributed by atoms with van der Waals surface area (Å²) in [6, 6.07) is 0. The molecule has 5 unspecified atom stereocenters. The topological polar surface area (TPSA) is 216 Å². The number of carboxylic acids is 1. The first-order valence-corrected chi connectivity index (χ1v) is 20.4. The van der Waals surface area contributed by atoms with Gasteiger partial charge in [-0.25, -0.2) is 0 Å². The number of rotatable bonds is 7. The van der Waals surface area contributed by atoms with E-state index < -0.39 is 84.8 Å². The van der Waals surface area contributed by atoms with Gasteiger partial charge in [-0.15, -0.1) is 0 Å². The molecule has 308 valence electrons. The number of ether oxygens (including phenoxy) is 4. The zero-order valence-corrected chi connectivity index (χ0v) is 32.9. The molecule has 13 nitrogen and oxygen atoms in total. The van der Waals surface area contributed by atoms with Crippen LogP contribution in [0.1, 0.15) is 106 Å². The number of fused-ring (bicyclic) bond motifs is 7. The van der Waals surface area contributed by atoms with Crippen molar-refractivity contribution in [2.24, 2.45) is 50.2 Å². The molecule has 2 aliphatic heterocycles. The molecule has 18 atom stereocenters. The Balaban J connectivity index is 1.15. The fourth-order valence-corrected chi connectivity index (χ4v) is 13.4. The lowest BCUT2D eigenvalue weighted by Crippen LogP contribution is -2.67. The number of aliphatic carboxylic acids is 1. The fraction of sp³-hybridized carbons (Fsp3) is 0.927. The molecule has 54 heavy (non-hydrogen) atoms. The third-order valence-corrected chi connectivity index (χ3v) is 17.0. The molecule has 6 fully saturated rings. The summed E-state index contributed by atoms with van der Waals surface area (Å²) in [4.78, 5) is 13.0. The van der Waals surface area contributed by atoms with E-state index >= 15 is 0 Å². The second kappa shape index (κ2) is 14.0. The summed E-state index contributed by atoms with van der Waals surface area (Å²) in [5.74, 6) is -0.265. The lowest BCUT2D eigenvalue weighted by atomic mass is 9.33. The van der Waals surface area contributed by atoms with Crippen molar-refractivity contribution >= 4 is 5.97 Å². The number of carboxylic acid groups (broad SMARTS) is 1. The Labute approximate surface area is 319 Å². The van der Waals surface area contributed by atoms with Crippen LogP contribution >= 0.6 is 0 Å². The summed E-state index contributed by atoms with van der Waals surface area (Å²) in [7, 11) is 0. The van der Waals surface area contributed by atoms with Crippen LogP contribution in [0.4, 0.5) is 0 Å². The van der Waals surface area contributed by atoms with Gasteiger partial charge >= 0.3 is 5.97 Å². The first-order valence-electron chi connectivity index (χ1n) is 20.4. The first-order chi connectivity index (χ1) is 25.2. The molecule has 0 aromatic carbocycles. The van der Waals surface area contributed by atoms with E-state index in [1.54, 1.807) is 0 Å². The van der Waals surface area contributed by atoms with Gasteiger partial charge in [0.15, 0.2) is 12.6 Å². The van der Waals surface area contributed by atoms with Gasteiger partial charge in [0, 0.05) is 5.41 Å². The highest BCUT2D eigenvalue weighted by Crippen LogP contribution is 2.76. The lowest BCUT2D eigenvalue weighted by Gasteiger charge is -2.71. The van der Waals surface area contributed by atoms with Gasteiger partial charge in [-0.2, -0.15) is 0 Å². The Kier molecular flexibility index (Phi) is 10.6. The summed E-state index contributed by atoms with van der Waals surface area (Å²) in [6.07, 6.45) is -3.32. The molecule has 7 rings (SSSR count). The van der Waals surface area contributed by atoms with E-state index in [9.17, 15) is 45.6 Å². The average Bonchev–Trinajstić information content (AvgIpc) is 3.12. The van der Waals surface area contributed by atoms with Crippen molar-refractivity contribution in [1.29, 1.82) is 0 Å². The van der Waals surface area contributed by atoms with Gasteiger partial charge in [0.1, 0.15) is 42.7 Å². The largest absolute Gasteiger partial charge is 0.481 e. The molecule has 0 aromatic rings. The molecule has 0 aromatic heterocycles. The van der Waals surface area contributed by atoms with E-state index in [1.165, 1.54) is 5.57 Å². The van der Waals surface area contributed by atoms with Crippen LogP contribution in [0.25, 0.3) is 0 Å². The summed E-state index contributed by atoms with van der Waals surface area (Å²) in [6.45, 7) is 12.8. The molecular formula is C41H66O13. The second-order valence-corrected chi connectivity index (χ2v) is 20.1. The first kappa shape index (κ1) is 40.9. The Morgan fingerprint density at radius 2 is 1.52 bits per heavy atom. The summed E-state index contributed by atoms with van der Waals surface area (Å²) in [5, 5.41) is 84.7.